The molecule has 286 valence electrons. The molecule has 1 aromatic carbocycles. The Bertz CT molecular complexity index is 1500. The molecule has 5 N–H and O–H groups in total. The van der Waals surface area contributed by atoms with Crippen molar-refractivity contribution in [2.45, 2.75) is 84.4 Å². The molecule has 0 saturated carbocycles. The van der Waals surface area contributed by atoms with E-state index in [4.69, 9.17) is 14.2 Å². The Kier molecular flexibility index (Phi) is 17.1. The van der Waals surface area contributed by atoms with E-state index in [9.17, 15) is 29.1 Å². The normalized spacial score (nSPS) is 19.8. The van der Waals surface area contributed by atoms with Gasteiger partial charge in [-0.05, 0) is 81.7 Å². The van der Waals surface area contributed by atoms with Crippen LogP contribution in [-0.4, -0.2) is 109 Å². The number of carbonyl (C=O) groups is 5. The molecule has 0 aliphatic carbocycles. The number of aryl methyl sites for hydroxylation is 1. The maximum Gasteiger partial charge on any atom is 0.259 e. The summed E-state index contributed by atoms with van der Waals surface area (Å²) in [6, 6.07) is 6.29. The first-order valence-corrected chi connectivity index (χ1v) is 17.9. The minimum atomic E-state index is -1.25. The van der Waals surface area contributed by atoms with Crippen LogP contribution < -0.4 is 35.5 Å². The predicted molar refractivity (Wildman–Crippen MR) is 193 cm³/mol. The fraction of sp³-hybridized carbons (Fsp3) is 0.568. The van der Waals surface area contributed by atoms with Crippen LogP contribution in [-0.2, 0) is 25.6 Å². The first-order chi connectivity index (χ1) is 24.9. The molecule has 2 aliphatic rings. The lowest BCUT2D eigenvalue weighted by molar-refractivity contribution is -0.134. The van der Waals surface area contributed by atoms with Crippen LogP contribution in [0.15, 0.2) is 36.5 Å². The minimum Gasteiger partial charge on any atom is -0.493 e. The summed E-state index contributed by atoms with van der Waals surface area (Å²) in [4.78, 5) is 71.7. The number of rotatable bonds is 7. The van der Waals surface area contributed by atoms with Crippen molar-refractivity contribution < 1.29 is 43.3 Å². The average Bonchev–Trinajstić information content (AvgIpc) is 3.11. The fourth-order valence-corrected chi connectivity index (χ4v) is 5.60. The third-order valence-corrected chi connectivity index (χ3v) is 8.30. The molecule has 0 radical (unpaired) electrons. The number of amides is 5. The number of aliphatic hydroxyl groups excluding tert-OH is 1. The molecule has 15 nitrogen and oxygen atoms in total. The molecule has 4 rings (SSSR count). The molecule has 0 saturated heterocycles. The summed E-state index contributed by atoms with van der Waals surface area (Å²) in [7, 11) is 1.48. The second-order valence-corrected chi connectivity index (χ2v) is 13.0. The van der Waals surface area contributed by atoms with E-state index in [1.165, 1.54) is 14.0 Å². The molecule has 0 fully saturated rings. The van der Waals surface area contributed by atoms with Crippen LogP contribution in [0.3, 0.4) is 0 Å². The van der Waals surface area contributed by atoms with Crippen molar-refractivity contribution in [3.8, 4) is 17.4 Å². The van der Waals surface area contributed by atoms with E-state index in [0.29, 0.717) is 68.9 Å². The quantitative estimate of drug-likeness (QED) is 0.262. The number of carbonyl (C=O) groups excluding carboxylic acids is 5. The van der Waals surface area contributed by atoms with Crippen molar-refractivity contribution in [2.75, 3.05) is 46.5 Å². The second kappa shape index (κ2) is 21.4. The molecule has 3 atom stereocenters. The van der Waals surface area contributed by atoms with Crippen molar-refractivity contribution in [2.24, 2.45) is 5.92 Å². The summed E-state index contributed by atoms with van der Waals surface area (Å²) < 4.78 is 16.8. The number of benzene rings is 1. The van der Waals surface area contributed by atoms with Crippen LogP contribution in [0.5, 0.6) is 17.4 Å². The van der Waals surface area contributed by atoms with Crippen molar-refractivity contribution >= 4 is 29.5 Å². The van der Waals surface area contributed by atoms with E-state index in [2.05, 4.69) is 26.3 Å². The van der Waals surface area contributed by atoms with Gasteiger partial charge in [0.1, 0.15) is 17.6 Å². The largest absolute Gasteiger partial charge is 0.493 e. The molecule has 15 heteroatoms. The van der Waals surface area contributed by atoms with E-state index >= 15 is 0 Å². The Hall–Kier alpha value is -4.92. The molecule has 2 bridgehead atoms. The molecule has 3 heterocycles. The number of methoxy groups -OCH3 is 1. The summed E-state index contributed by atoms with van der Waals surface area (Å²) >= 11 is 0. The van der Waals surface area contributed by atoms with Crippen LogP contribution in [0.1, 0.15) is 75.7 Å². The molecule has 0 unspecified atom stereocenters. The van der Waals surface area contributed by atoms with Gasteiger partial charge >= 0.3 is 0 Å². The molecular weight excluding hydrogens is 672 g/mol. The molecule has 52 heavy (non-hydrogen) atoms. The van der Waals surface area contributed by atoms with E-state index < -0.39 is 30.0 Å². The third-order valence-electron chi connectivity index (χ3n) is 8.30. The van der Waals surface area contributed by atoms with Crippen LogP contribution in [0.25, 0.3) is 0 Å². The zero-order valence-electron chi connectivity index (χ0n) is 30.9. The summed E-state index contributed by atoms with van der Waals surface area (Å²) in [6.07, 6.45) is 2.54. The lowest BCUT2D eigenvalue weighted by Gasteiger charge is -2.26. The number of pyridine rings is 1. The number of hydrogen-bond acceptors (Lipinski definition) is 10. The average molecular weight is 727 g/mol. The number of ether oxygens (including phenoxy) is 3. The van der Waals surface area contributed by atoms with Crippen molar-refractivity contribution in [1.82, 2.24) is 31.2 Å². The van der Waals surface area contributed by atoms with E-state index in [1.54, 1.807) is 48.4 Å². The van der Waals surface area contributed by atoms with Gasteiger partial charge in [0.25, 0.3) is 11.8 Å². The van der Waals surface area contributed by atoms with Crippen molar-refractivity contribution in [1.29, 1.82) is 0 Å². The van der Waals surface area contributed by atoms with Gasteiger partial charge < -0.3 is 45.5 Å². The van der Waals surface area contributed by atoms with Gasteiger partial charge in [-0.3, -0.25) is 24.0 Å². The molecular formula is C37H54N6O9. The van der Waals surface area contributed by atoms with Crippen LogP contribution in [0.4, 0.5) is 0 Å². The number of fused-ring (bicyclic) bond motifs is 23. The lowest BCUT2D eigenvalue weighted by atomic mass is 10.0. The van der Waals surface area contributed by atoms with Gasteiger partial charge in [-0.25, -0.2) is 4.98 Å². The highest BCUT2D eigenvalue weighted by molar-refractivity contribution is 5.96. The van der Waals surface area contributed by atoms with E-state index in [0.717, 1.165) is 5.56 Å². The SMILES string of the molecule is CCOc1ncccc1C(=O)N1CCCCNC(=O)[C@H]([C@@H](C)O)NC(=O)[C@@H](CC(C)C)NC(=O)CCc2ccc(c(OC)c2)OCC(=O)NCCC1. The van der Waals surface area contributed by atoms with Gasteiger partial charge in [-0.1, -0.05) is 19.9 Å². The zero-order valence-corrected chi connectivity index (χ0v) is 30.9. The molecule has 2 aromatic rings. The summed E-state index contributed by atoms with van der Waals surface area (Å²) in [5.74, 6) is -1.11. The van der Waals surface area contributed by atoms with Crippen molar-refractivity contribution in [3.05, 3.63) is 47.7 Å². The van der Waals surface area contributed by atoms with Crippen LogP contribution in [0.2, 0.25) is 0 Å². The Labute approximate surface area is 305 Å². The number of nitrogens with zero attached hydrogens (tertiary/aromatic N) is 2. The monoisotopic (exact) mass is 726 g/mol. The molecule has 0 spiro atoms. The lowest BCUT2D eigenvalue weighted by Crippen LogP contribution is -2.57. The Morgan fingerprint density at radius 2 is 1.73 bits per heavy atom. The van der Waals surface area contributed by atoms with Crippen LogP contribution in [0, 0.1) is 5.92 Å². The highest BCUT2D eigenvalue weighted by Crippen LogP contribution is 2.28. The van der Waals surface area contributed by atoms with E-state index in [1.807, 2.05) is 13.8 Å². The Morgan fingerprint density at radius 3 is 2.44 bits per heavy atom. The van der Waals surface area contributed by atoms with Gasteiger partial charge in [-0.15, -0.1) is 0 Å². The minimum absolute atomic E-state index is 0.0458. The standard InChI is InChI=1S/C37H54N6O9/c1-6-51-36-27(11-9-17-40-36)37(49)43-19-8-7-16-39-35(48)33(25(4)44)42-34(47)28(21-24(2)3)41-31(45)15-13-26-12-14-29(30(22-26)50-5)52-23-32(46)38-18-10-20-43/h9,11-12,14,17,22,24-25,28,33,44H,6-8,10,13,15-16,18-21,23H2,1-5H3,(H,38,46)(H,39,48)(H,41,45)(H,42,47)/t25-,28-,33+/m1/s1. The Balaban J connectivity index is 1.81. The van der Waals surface area contributed by atoms with Crippen LogP contribution >= 0.6 is 0 Å². The predicted octanol–water partition coefficient (Wildman–Crippen LogP) is 1.76. The maximum absolute atomic E-state index is 13.7. The second-order valence-electron chi connectivity index (χ2n) is 13.0. The summed E-state index contributed by atoms with van der Waals surface area (Å²) in [5.41, 5.74) is 1.09. The van der Waals surface area contributed by atoms with Gasteiger partial charge in [0.05, 0.1) is 19.8 Å². The third kappa shape index (κ3) is 13.3. The summed E-state index contributed by atoms with van der Waals surface area (Å²) in [5, 5.41) is 21.4. The highest BCUT2D eigenvalue weighted by atomic mass is 16.5. The fourth-order valence-electron chi connectivity index (χ4n) is 5.60. The topological polar surface area (TPSA) is 198 Å². The first kappa shape index (κ1) is 41.5. The molecule has 5 amide bonds. The van der Waals surface area contributed by atoms with Gasteiger partial charge in [0.2, 0.25) is 23.6 Å². The van der Waals surface area contributed by atoms with E-state index in [-0.39, 0.29) is 55.6 Å². The first-order valence-electron chi connectivity index (χ1n) is 17.9. The Morgan fingerprint density at radius 1 is 0.981 bits per heavy atom. The van der Waals surface area contributed by atoms with Gasteiger partial charge in [-0.2, -0.15) is 0 Å². The number of aromatic nitrogens is 1. The number of aliphatic hydroxyl groups is 1. The van der Waals surface area contributed by atoms with Gasteiger partial charge in [0, 0.05) is 38.8 Å². The molecule has 1 aromatic heterocycles. The highest BCUT2D eigenvalue weighted by Gasteiger charge is 2.30. The number of hydrogen-bond donors (Lipinski definition) is 5. The van der Waals surface area contributed by atoms with Crippen molar-refractivity contribution in [3.63, 3.8) is 0 Å². The zero-order chi connectivity index (χ0) is 38.0. The molecule has 2 aliphatic heterocycles. The smallest absolute Gasteiger partial charge is 0.259 e. The maximum atomic E-state index is 13.7. The number of nitrogens with one attached hydrogen (secondary N) is 4. The summed E-state index contributed by atoms with van der Waals surface area (Å²) in [6.45, 7) is 8.30. The van der Waals surface area contributed by atoms with Gasteiger partial charge in [0.15, 0.2) is 18.1 Å².